The van der Waals surface area contributed by atoms with Crippen molar-refractivity contribution in [1.82, 2.24) is 15.5 Å². The maximum Gasteiger partial charge on any atom is 0.305 e. The number of ether oxygens (including phenoxy) is 4. The van der Waals surface area contributed by atoms with Gasteiger partial charge in [0.1, 0.15) is 11.4 Å². The predicted octanol–water partition coefficient (Wildman–Crippen LogP) is -0.737. The first-order valence-electron chi connectivity index (χ1n) is 8.21. The molecule has 1 amide bonds. The second-order valence-corrected chi connectivity index (χ2v) is 5.05. The molecule has 0 spiro atoms. The van der Waals surface area contributed by atoms with Crippen molar-refractivity contribution in [3.05, 3.63) is 11.8 Å². The Bertz CT molecular complexity index is 524. The first kappa shape index (κ1) is 21.8. The first-order chi connectivity index (χ1) is 12.6. The Balaban J connectivity index is 1.79. The summed E-state index contributed by atoms with van der Waals surface area (Å²) in [5.74, 6) is -0.961. The van der Waals surface area contributed by atoms with E-state index in [1.807, 2.05) is 0 Å². The van der Waals surface area contributed by atoms with Crippen molar-refractivity contribution < 1.29 is 33.6 Å². The highest BCUT2D eigenvalue weighted by Gasteiger charge is 2.10. The molecular formula is C15H26N4O7. The lowest BCUT2D eigenvalue weighted by atomic mass is 10.3. The summed E-state index contributed by atoms with van der Waals surface area (Å²) >= 11 is 0. The number of carbonyl (C=O) groups is 2. The molecule has 148 valence electrons. The molecule has 26 heavy (non-hydrogen) atoms. The van der Waals surface area contributed by atoms with Crippen LogP contribution < -0.4 is 11.1 Å². The number of aliphatic carboxylic acids is 1. The zero-order chi connectivity index (χ0) is 19.0. The van der Waals surface area contributed by atoms with Crippen LogP contribution in [0.1, 0.15) is 16.8 Å². The van der Waals surface area contributed by atoms with Gasteiger partial charge in [0.05, 0.1) is 65.5 Å². The van der Waals surface area contributed by atoms with Gasteiger partial charge in [-0.25, -0.2) is 0 Å². The molecule has 0 unspecified atom stereocenters. The van der Waals surface area contributed by atoms with E-state index < -0.39 is 5.97 Å². The average molecular weight is 374 g/mol. The molecule has 0 bridgehead atoms. The van der Waals surface area contributed by atoms with Gasteiger partial charge in [-0.2, -0.15) is 5.10 Å². The van der Waals surface area contributed by atoms with E-state index in [1.165, 1.54) is 6.20 Å². The van der Waals surface area contributed by atoms with Crippen molar-refractivity contribution in [2.45, 2.75) is 6.42 Å². The van der Waals surface area contributed by atoms with Crippen molar-refractivity contribution in [2.75, 3.05) is 65.1 Å². The second kappa shape index (κ2) is 14.0. The van der Waals surface area contributed by atoms with E-state index in [-0.39, 0.29) is 24.8 Å². The molecule has 0 aliphatic rings. The van der Waals surface area contributed by atoms with E-state index in [1.54, 1.807) is 0 Å². The Morgan fingerprint density at radius 3 is 2.04 bits per heavy atom. The van der Waals surface area contributed by atoms with Crippen LogP contribution in [0.2, 0.25) is 0 Å². The Hall–Kier alpha value is -2.21. The number of nitrogens with one attached hydrogen (secondary N) is 2. The lowest BCUT2D eigenvalue weighted by molar-refractivity contribution is -0.138. The molecule has 0 radical (unpaired) electrons. The maximum atomic E-state index is 11.7. The van der Waals surface area contributed by atoms with Crippen LogP contribution in [0.15, 0.2) is 6.20 Å². The second-order valence-electron chi connectivity index (χ2n) is 5.05. The smallest absolute Gasteiger partial charge is 0.305 e. The summed E-state index contributed by atoms with van der Waals surface area (Å²) in [4.78, 5) is 21.9. The molecule has 1 aromatic heterocycles. The van der Waals surface area contributed by atoms with Crippen LogP contribution in [0.4, 0.5) is 5.82 Å². The highest BCUT2D eigenvalue weighted by atomic mass is 16.6. The summed E-state index contributed by atoms with van der Waals surface area (Å²) in [5, 5.41) is 17.2. The molecule has 11 heteroatoms. The lowest BCUT2D eigenvalue weighted by Gasteiger charge is -2.08. The van der Waals surface area contributed by atoms with Crippen LogP contribution in [0.25, 0.3) is 0 Å². The van der Waals surface area contributed by atoms with E-state index in [4.69, 9.17) is 29.8 Å². The topological polar surface area (TPSA) is 158 Å². The molecular weight excluding hydrogens is 348 g/mol. The summed E-state index contributed by atoms with van der Waals surface area (Å²) < 4.78 is 20.9. The van der Waals surface area contributed by atoms with Crippen LogP contribution in [0, 0.1) is 0 Å². The number of hydrogen-bond acceptors (Lipinski definition) is 8. The van der Waals surface area contributed by atoms with Gasteiger partial charge in [0, 0.05) is 6.54 Å². The van der Waals surface area contributed by atoms with Gasteiger partial charge in [0.25, 0.3) is 5.91 Å². The number of rotatable bonds is 16. The number of carboxylic acid groups (broad SMARTS) is 1. The van der Waals surface area contributed by atoms with Crippen LogP contribution in [0.3, 0.4) is 0 Å². The third-order valence-electron chi connectivity index (χ3n) is 3.02. The number of amides is 1. The van der Waals surface area contributed by atoms with Crippen molar-refractivity contribution in [2.24, 2.45) is 0 Å². The minimum atomic E-state index is -0.883. The summed E-state index contributed by atoms with van der Waals surface area (Å²) in [5.41, 5.74) is 5.84. The number of aromatic nitrogens is 2. The quantitative estimate of drug-likeness (QED) is 0.273. The average Bonchev–Trinajstić information content (AvgIpc) is 3.04. The Labute approximate surface area is 151 Å². The minimum absolute atomic E-state index is 0.00975. The van der Waals surface area contributed by atoms with Gasteiger partial charge in [0.15, 0.2) is 0 Å². The van der Waals surface area contributed by atoms with Crippen LogP contribution in [0.5, 0.6) is 0 Å². The van der Waals surface area contributed by atoms with E-state index in [0.29, 0.717) is 58.4 Å². The van der Waals surface area contributed by atoms with Crippen LogP contribution in [-0.4, -0.2) is 86.6 Å². The van der Waals surface area contributed by atoms with Crippen molar-refractivity contribution in [3.8, 4) is 0 Å². The van der Waals surface area contributed by atoms with Crippen molar-refractivity contribution in [3.63, 3.8) is 0 Å². The largest absolute Gasteiger partial charge is 0.481 e. The number of nitrogens with zero attached hydrogens (tertiary/aromatic N) is 1. The molecule has 0 fully saturated rings. The summed E-state index contributed by atoms with van der Waals surface area (Å²) in [6.07, 6.45) is 1.35. The Morgan fingerprint density at radius 1 is 1.00 bits per heavy atom. The molecule has 11 nitrogen and oxygen atoms in total. The number of anilines is 1. The molecule has 0 aromatic carbocycles. The number of nitrogen functional groups attached to an aromatic ring is 1. The van der Waals surface area contributed by atoms with Gasteiger partial charge in [-0.15, -0.1) is 0 Å². The molecule has 0 saturated carbocycles. The molecule has 1 rings (SSSR count). The van der Waals surface area contributed by atoms with E-state index >= 15 is 0 Å². The zero-order valence-electron chi connectivity index (χ0n) is 14.6. The van der Waals surface area contributed by atoms with Crippen LogP contribution in [-0.2, 0) is 23.7 Å². The summed E-state index contributed by atoms with van der Waals surface area (Å²) in [7, 11) is 0. The Morgan fingerprint density at radius 2 is 1.54 bits per heavy atom. The third kappa shape index (κ3) is 10.6. The molecule has 5 N–H and O–H groups in total. The van der Waals surface area contributed by atoms with Gasteiger partial charge < -0.3 is 35.1 Å². The fourth-order valence-corrected chi connectivity index (χ4v) is 1.73. The summed E-state index contributed by atoms with van der Waals surface area (Å²) in [6.45, 7) is 3.31. The normalized spacial score (nSPS) is 10.8. The van der Waals surface area contributed by atoms with Gasteiger partial charge in [0.2, 0.25) is 0 Å². The van der Waals surface area contributed by atoms with Gasteiger partial charge in [-0.05, 0) is 0 Å². The summed E-state index contributed by atoms with van der Waals surface area (Å²) in [6, 6.07) is 0. The maximum absolute atomic E-state index is 11.7. The highest BCUT2D eigenvalue weighted by Crippen LogP contribution is 2.04. The standard InChI is InChI=1S/C15H26N4O7/c16-14-12(11-18-19-14)15(22)17-2-4-24-6-8-26-10-9-25-7-5-23-3-1-13(20)21/h11H,1-10H2,(H,17,22)(H,20,21)(H3,16,18,19). The predicted molar refractivity (Wildman–Crippen MR) is 90.9 cm³/mol. The molecule has 0 aliphatic heterocycles. The van der Waals surface area contributed by atoms with Crippen molar-refractivity contribution in [1.29, 1.82) is 0 Å². The number of nitrogens with two attached hydrogens (primary N) is 1. The molecule has 1 heterocycles. The molecule has 0 aliphatic carbocycles. The Kier molecular flexibility index (Phi) is 11.8. The molecule has 0 atom stereocenters. The number of carboxylic acids is 1. The number of aromatic amines is 1. The van der Waals surface area contributed by atoms with Crippen molar-refractivity contribution >= 4 is 17.7 Å². The highest BCUT2D eigenvalue weighted by molar-refractivity contribution is 5.98. The van der Waals surface area contributed by atoms with E-state index in [2.05, 4.69) is 15.5 Å². The fraction of sp³-hybridized carbons (Fsp3) is 0.667. The monoisotopic (exact) mass is 374 g/mol. The number of carbonyl (C=O) groups excluding carboxylic acids is 1. The van der Waals surface area contributed by atoms with Crippen LogP contribution >= 0.6 is 0 Å². The lowest BCUT2D eigenvalue weighted by Crippen LogP contribution is -2.28. The first-order valence-corrected chi connectivity index (χ1v) is 8.21. The SMILES string of the molecule is Nc1[nH]ncc1C(=O)NCCOCCOCCOCCOCCC(=O)O. The number of H-pyrrole nitrogens is 1. The van der Waals surface area contributed by atoms with E-state index in [9.17, 15) is 9.59 Å². The molecule has 0 saturated heterocycles. The van der Waals surface area contributed by atoms with Gasteiger partial charge in [-0.1, -0.05) is 0 Å². The molecule has 1 aromatic rings. The zero-order valence-corrected chi connectivity index (χ0v) is 14.6. The minimum Gasteiger partial charge on any atom is -0.481 e. The van der Waals surface area contributed by atoms with Gasteiger partial charge >= 0.3 is 5.97 Å². The fourth-order valence-electron chi connectivity index (χ4n) is 1.73. The van der Waals surface area contributed by atoms with Gasteiger partial charge in [-0.3, -0.25) is 14.7 Å². The number of hydrogen-bond donors (Lipinski definition) is 4. The van der Waals surface area contributed by atoms with E-state index in [0.717, 1.165) is 0 Å². The third-order valence-corrected chi connectivity index (χ3v) is 3.02.